The van der Waals surface area contributed by atoms with Gasteiger partial charge in [-0.05, 0) is 24.3 Å². The predicted octanol–water partition coefficient (Wildman–Crippen LogP) is 2.78. The van der Waals surface area contributed by atoms with Crippen LogP contribution in [-0.2, 0) is 6.18 Å². The molecule has 4 aromatic rings. The van der Waals surface area contributed by atoms with Gasteiger partial charge in [0.25, 0.3) is 0 Å². The lowest BCUT2D eigenvalue weighted by Gasteiger charge is -2.21. The third-order valence-electron chi connectivity index (χ3n) is 5.23. The van der Waals surface area contributed by atoms with Crippen molar-refractivity contribution in [2.24, 2.45) is 0 Å². The summed E-state index contributed by atoms with van der Waals surface area (Å²) >= 11 is 0. The van der Waals surface area contributed by atoms with Crippen LogP contribution in [0.5, 0.6) is 5.88 Å². The summed E-state index contributed by atoms with van der Waals surface area (Å²) in [6.45, 7) is 0.633. The number of ether oxygens (including phenoxy) is 1. The van der Waals surface area contributed by atoms with E-state index in [1.54, 1.807) is 16.7 Å². The van der Waals surface area contributed by atoms with E-state index in [4.69, 9.17) is 10.5 Å². The number of nitrogen functional groups attached to an aromatic ring is 1. The van der Waals surface area contributed by atoms with Crippen LogP contribution >= 0.6 is 0 Å². The number of fused-ring (bicyclic) bond motifs is 2. The molecule has 4 heterocycles. The normalized spacial score (nSPS) is 16.4. The third-order valence-corrected chi connectivity index (χ3v) is 5.23. The fourth-order valence-electron chi connectivity index (χ4n) is 3.92. The number of anilines is 1. The van der Waals surface area contributed by atoms with Gasteiger partial charge in [0.2, 0.25) is 5.88 Å². The maximum atomic E-state index is 13.4. The van der Waals surface area contributed by atoms with Gasteiger partial charge in [-0.15, -0.1) is 0 Å². The molecular formula is C21H17F3N6O2. The van der Waals surface area contributed by atoms with Crippen LogP contribution in [0, 0.1) is 0 Å². The first-order valence-electron chi connectivity index (χ1n) is 9.74. The van der Waals surface area contributed by atoms with Crippen molar-refractivity contribution in [1.82, 2.24) is 24.8 Å². The zero-order chi connectivity index (χ0) is 22.5. The Labute approximate surface area is 178 Å². The molecule has 0 bridgehead atoms. The molecule has 11 heteroatoms. The predicted molar refractivity (Wildman–Crippen MR) is 111 cm³/mol. The van der Waals surface area contributed by atoms with E-state index in [1.165, 1.54) is 12.1 Å². The lowest BCUT2D eigenvalue weighted by atomic mass is 10.0. The first kappa shape index (κ1) is 20.1. The van der Waals surface area contributed by atoms with E-state index in [1.807, 2.05) is 18.2 Å². The molecule has 3 aromatic heterocycles. The number of hydrogen-bond acceptors (Lipinski definition) is 6. The maximum absolute atomic E-state index is 13.4. The van der Waals surface area contributed by atoms with E-state index in [-0.39, 0.29) is 24.1 Å². The summed E-state index contributed by atoms with van der Waals surface area (Å²) < 4.78 is 47.3. The summed E-state index contributed by atoms with van der Waals surface area (Å²) in [5, 5.41) is 4.09. The van der Waals surface area contributed by atoms with Gasteiger partial charge in [0.05, 0.1) is 17.1 Å². The highest BCUT2D eigenvalue weighted by atomic mass is 19.4. The van der Waals surface area contributed by atoms with E-state index >= 15 is 0 Å². The summed E-state index contributed by atoms with van der Waals surface area (Å²) in [7, 11) is 0. The van der Waals surface area contributed by atoms with Crippen LogP contribution in [0.15, 0.2) is 53.3 Å². The highest BCUT2D eigenvalue weighted by Gasteiger charge is 2.34. The van der Waals surface area contributed by atoms with Crippen LogP contribution < -0.4 is 21.5 Å². The van der Waals surface area contributed by atoms with Gasteiger partial charge in [0.1, 0.15) is 23.9 Å². The molecule has 0 aliphatic carbocycles. The van der Waals surface area contributed by atoms with Crippen molar-refractivity contribution in [2.45, 2.75) is 12.2 Å². The highest BCUT2D eigenvalue weighted by Crippen LogP contribution is 2.37. The molecule has 1 unspecified atom stereocenters. The van der Waals surface area contributed by atoms with Gasteiger partial charge >= 0.3 is 11.9 Å². The fraction of sp³-hybridized carbons (Fsp3) is 0.190. The average Bonchev–Trinajstić information content (AvgIpc) is 3.00. The molecule has 0 saturated carbocycles. The number of para-hydroxylation sites is 1. The van der Waals surface area contributed by atoms with Gasteiger partial charge in [-0.3, -0.25) is 9.55 Å². The molecule has 32 heavy (non-hydrogen) atoms. The van der Waals surface area contributed by atoms with Crippen molar-refractivity contribution in [3.05, 3.63) is 76.0 Å². The maximum Gasteiger partial charge on any atom is 0.433 e. The minimum atomic E-state index is -4.59. The van der Waals surface area contributed by atoms with Crippen LogP contribution in [0.1, 0.15) is 23.0 Å². The van der Waals surface area contributed by atoms with E-state index in [0.29, 0.717) is 23.3 Å². The number of pyridine rings is 1. The van der Waals surface area contributed by atoms with Crippen molar-refractivity contribution in [3.8, 4) is 11.7 Å². The first-order chi connectivity index (χ1) is 15.3. The molecule has 4 N–H and O–H groups in total. The Kier molecular flexibility index (Phi) is 4.63. The molecule has 1 aliphatic rings. The van der Waals surface area contributed by atoms with Crippen molar-refractivity contribution in [3.63, 3.8) is 0 Å². The molecule has 1 atom stereocenters. The molecule has 1 aromatic carbocycles. The number of nitrogens with two attached hydrogens (primary N) is 1. The lowest BCUT2D eigenvalue weighted by molar-refractivity contribution is -0.141. The Morgan fingerprint density at radius 2 is 1.94 bits per heavy atom. The monoisotopic (exact) mass is 442 g/mol. The van der Waals surface area contributed by atoms with Crippen molar-refractivity contribution < 1.29 is 17.9 Å². The van der Waals surface area contributed by atoms with Gasteiger partial charge in [-0.2, -0.15) is 18.2 Å². The zero-order valence-electron chi connectivity index (χ0n) is 16.5. The first-order valence-corrected chi connectivity index (χ1v) is 9.74. The van der Waals surface area contributed by atoms with E-state index in [0.717, 1.165) is 11.5 Å². The Balaban J connectivity index is 1.79. The Bertz CT molecular complexity index is 1380. The fourth-order valence-corrected chi connectivity index (χ4v) is 3.92. The largest absolute Gasteiger partial charge is 0.476 e. The quantitative estimate of drug-likeness (QED) is 0.440. The van der Waals surface area contributed by atoms with Gasteiger partial charge in [-0.1, -0.05) is 24.3 Å². The van der Waals surface area contributed by atoms with Crippen molar-refractivity contribution >= 4 is 16.7 Å². The standard InChI is InChI=1S/C21H17F3N6O2/c22-21(23,24)14-6-3-7-15(27-14)30-12-5-2-1-4-11(12)10-13(30)17-16-18(25)28-20(31)29-19(16)32-9-8-26-17/h1-7,10,17,26H,8-9H2,(H3,25,28,29,31). The van der Waals surface area contributed by atoms with Gasteiger partial charge in [-0.25, -0.2) is 9.78 Å². The lowest BCUT2D eigenvalue weighted by Crippen LogP contribution is -2.27. The second-order valence-electron chi connectivity index (χ2n) is 7.25. The summed E-state index contributed by atoms with van der Waals surface area (Å²) in [5.74, 6) is 0.240. The van der Waals surface area contributed by atoms with Crippen molar-refractivity contribution in [1.29, 1.82) is 0 Å². The SMILES string of the molecule is Nc1[nH]c(=O)nc2c1C(c1cc3ccccc3n1-c1cccc(C(F)(F)F)n1)NCCO2. The number of nitrogens with zero attached hydrogens (tertiary/aromatic N) is 3. The number of benzene rings is 1. The molecule has 5 rings (SSSR count). The van der Waals surface area contributed by atoms with Crippen LogP contribution in [-0.4, -0.2) is 32.7 Å². The third kappa shape index (κ3) is 3.36. The molecule has 0 radical (unpaired) electrons. The number of aromatic amines is 1. The Hall–Kier alpha value is -3.86. The van der Waals surface area contributed by atoms with E-state index in [9.17, 15) is 18.0 Å². The second-order valence-corrected chi connectivity index (χ2v) is 7.25. The zero-order valence-corrected chi connectivity index (χ0v) is 16.5. The van der Waals surface area contributed by atoms with Gasteiger partial charge in [0, 0.05) is 17.6 Å². The van der Waals surface area contributed by atoms with E-state index in [2.05, 4.69) is 20.3 Å². The molecule has 0 fully saturated rings. The molecule has 0 spiro atoms. The van der Waals surface area contributed by atoms with Crippen LogP contribution in [0.2, 0.25) is 0 Å². The average molecular weight is 442 g/mol. The number of aromatic nitrogens is 4. The van der Waals surface area contributed by atoms with E-state index < -0.39 is 23.6 Å². The number of rotatable bonds is 2. The number of alkyl halides is 3. The molecule has 164 valence electrons. The highest BCUT2D eigenvalue weighted by molar-refractivity contribution is 5.83. The molecular weight excluding hydrogens is 425 g/mol. The summed E-state index contributed by atoms with van der Waals surface area (Å²) in [5.41, 5.74) is 6.11. The van der Waals surface area contributed by atoms with Crippen LogP contribution in [0.3, 0.4) is 0 Å². The molecule has 8 nitrogen and oxygen atoms in total. The minimum Gasteiger partial charge on any atom is -0.476 e. The number of halogens is 3. The Morgan fingerprint density at radius 1 is 1.12 bits per heavy atom. The summed E-state index contributed by atoms with van der Waals surface area (Å²) in [4.78, 5) is 22.0. The number of H-pyrrole nitrogens is 1. The minimum absolute atomic E-state index is 0.0632. The Morgan fingerprint density at radius 3 is 2.75 bits per heavy atom. The molecule has 0 saturated heterocycles. The second kappa shape index (κ2) is 7.38. The van der Waals surface area contributed by atoms with Crippen LogP contribution in [0.4, 0.5) is 19.0 Å². The summed E-state index contributed by atoms with van der Waals surface area (Å²) in [6, 6.07) is 12.2. The topological polar surface area (TPSA) is 111 Å². The number of hydrogen-bond donors (Lipinski definition) is 3. The van der Waals surface area contributed by atoms with Crippen molar-refractivity contribution in [2.75, 3.05) is 18.9 Å². The summed E-state index contributed by atoms with van der Waals surface area (Å²) in [6.07, 6.45) is -4.59. The number of nitrogens with one attached hydrogen (secondary N) is 2. The molecule has 1 aliphatic heterocycles. The van der Waals surface area contributed by atoms with Crippen LogP contribution in [0.25, 0.3) is 16.7 Å². The molecule has 0 amide bonds. The smallest absolute Gasteiger partial charge is 0.433 e. The van der Waals surface area contributed by atoms with Gasteiger partial charge in [0.15, 0.2) is 0 Å². The van der Waals surface area contributed by atoms with Gasteiger partial charge < -0.3 is 15.8 Å².